The first-order valence-electron chi connectivity index (χ1n) is 9.28. The molecule has 0 amide bonds. The molecule has 3 N–H and O–H groups in total. The highest BCUT2D eigenvalue weighted by atomic mass is 127. The van der Waals surface area contributed by atoms with Crippen LogP contribution in [0.15, 0.2) is 57.5 Å². The summed E-state index contributed by atoms with van der Waals surface area (Å²) in [7, 11) is 0. The van der Waals surface area contributed by atoms with Crippen LogP contribution >= 0.6 is 35.3 Å². The molecule has 168 valence electrons. The van der Waals surface area contributed by atoms with Gasteiger partial charge in [-0.3, -0.25) is 0 Å². The van der Waals surface area contributed by atoms with E-state index in [1.54, 1.807) is 17.6 Å². The fourth-order valence-corrected chi connectivity index (χ4v) is 3.23. The van der Waals surface area contributed by atoms with Gasteiger partial charge in [-0.05, 0) is 36.1 Å². The van der Waals surface area contributed by atoms with E-state index in [0.29, 0.717) is 36.2 Å². The Balaban J connectivity index is 0.00000341. The van der Waals surface area contributed by atoms with Crippen LogP contribution in [0.4, 0.5) is 8.78 Å². The number of ether oxygens (including phenoxy) is 1. The first-order chi connectivity index (χ1) is 14.5. The molecule has 0 fully saturated rings. The van der Waals surface area contributed by atoms with Crippen LogP contribution in [0.25, 0.3) is 10.8 Å². The molecule has 0 radical (unpaired) electrons. The van der Waals surface area contributed by atoms with E-state index in [-0.39, 0.29) is 36.3 Å². The van der Waals surface area contributed by atoms with Crippen molar-refractivity contribution in [3.63, 3.8) is 0 Å². The van der Waals surface area contributed by atoms with E-state index in [1.807, 2.05) is 24.4 Å². The third-order valence-corrected chi connectivity index (χ3v) is 4.84. The van der Waals surface area contributed by atoms with Crippen LogP contribution in [0.1, 0.15) is 24.3 Å². The van der Waals surface area contributed by atoms with Crippen LogP contribution in [0.2, 0.25) is 0 Å². The van der Waals surface area contributed by atoms with Crippen molar-refractivity contribution in [2.45, 2.75) is 26.2 Å². The fourth-order valence-electron chi connectivity index (χ4n) is 2.58. The number of nitrogens with zero attached hydrogens (tertiary/aromatic N) is 2. The van der Waals surface area contributed by atoms with Gasteiger partial charge >= 0.3 is 6.61 Å². The summed E-state index contributed by atoms with van der Waals surface area (Å²) < 4.78 is 34.2. The van der Waals surface area contributed by atoms with Crippen LogP contribution in [-0.4, -0.2) is 35.8 Å². The number of aliphatic hydroxyl groups excluding tert-OH is 1. The van der Waals surface area contributed by atoms with E-state index in [4.69, 9.17) is 4.42 Å². The quantitative estimate of drug-likeness (QED) is 0.203. The van der Waals surface area contributed by atoms with Crippen LogP contribution in [0.5, 0.6) is 5.75 Å². The highest BCUT2D eigenvalue weighted by Crippen LogP contribution is 2.23. The smallest absolute Gasteiger partial charge is 0.387 e. The Bertz CT molecular complexity index is 936. The number of rotatable bonds is 9. The molecule has 1 unspecified atom stereocenters. The molecule has 2 aromatic heterocycles. The Labute approximate surface area is 199 Å². The maximum atomic E-state index is 12.2. The van der Waals surface area contributed by atoms with Crippen molar-refractivity contribution in [2.24, 2.45) is 4.99 Å². The Morgan fingerprint density at radius 1 is 1.26 bits per heavy atom. The van der Waals surface area contributed by atoms with E-state index >= 15 is 0 Å². The summed E-state index contributed by atoms with van der Waals surface area (Å²) in [4.78, 5) is 9.82. The minimum absolute atomic E-state index is 0. The maximum Gasteiger partial charge on any atom is 0.387 e. The predicted molar refractivity (Wildman–Crippen MR) is 126 cm³/mol. The normalized spacial score (nSPS) is 12.4. The lowest BCUT2D eigenvalue weighted by Crippen LogP contribution is -2.39. The van der Waals surface area contributed by atoms with Gasteiger partial charge in [0.15, 0.2) is 5.96 Å². The number of aliphatic imine (C=N–C) groups is 1. The molecule has 11 heteroatoms. The van der Waals surface area contributed by atoms with E-state index in [1.165, 1.54) is 24.3 Å². The fraction of sp³-hybridized carbons (Fsp3) is 0.300. The molecule has 0 spiro atoms. The van der Waals surface area contributed by atoms with Crippen LogP contribution in [-0.2, 0) is 6.54 Å². The lowest BCUT2D eigenvalue weighted by atomic mass is 10.1. The minimum atomic E-state index is -2.88. The second kappa shape index (κ2) is 12.6. The lowest BCUT2D eigenvalue weighted by molar-refractivity contribution is -0.0498. The Morgan fingerprint density at radius 2 is 2.03 bits per heavy atom. The number of hydrogen-bond donors (Lipinski definition) is 3. The molecule has 0 aliphatic carbocycles. The standard InChI is InChI=1S/C20H22F2N4O3S.HI/c1-2-23-20(24-10-14-12-28-18(26-14)17-4-3-9-30-17)25-11-16(27)13-5-7-15(8-6-13)29-19(21)22;/h3-9,12,16,19,27H,2,10-11H2,1H3,(H2,23,24,25);1H. The van der Waals surface area contributed by atoms with E-state index in [0.717, 1.165) is 4.88 Å². The van der Waals surface area contributed by atoms with Gasteiger partial charge < -0.3 is 24.9 Å². The van der Waals surface area contributed by atoms with Gasteiger partial charge in [0.1, 0.15) is 17.7 Å². The molecular formula is C20H23F2IN4O3S. The number of aliphatic hydroxyl groups is 1. The molecule has 0 aliphatic heterocycles. The summed E-state index contributed by atoms with van der Waals surface area (Å²) in [5.41, 5.74) is 1.25. The van der Waals surface area contributed by atoms with Crippen molar-refractivity contribution in [3.05, 3.63) is 59.3 Å². The largest absolute Gasteiger partial charge is 0.443 e. The van der Waals surface area contributed by atoms with Gasteiger partial charge in [0, 0.05) is 13.1 Å². The van der Waals surface area contributed by atoms with Gasteiger partial charge in [0.25, 0.3) is 0 Å². The first-order valence-corrected chi connectivity index (χ1v) is 10.2. The SMILES string of the molecule is CCNC(=NCc1coc(-c2cccs2)n1)NCC(O)c1ccc(OC(F)F)cc1.I. The number of halogens is 3. The summed E-state index contributed by atoms with van der Waals surface area (Å²) in [6.07, 6.45) is 0.715. The van der Waals surface area contributed by atoms with Gasteiger partial charge in [-0.2, -0.15) is 8.78 Å². The molecular weight excluding hydrogens is 541 g/mol. The van der Waals surface area contributed by atoms with E-state index in [2.05, 4.69) is 25.3 Å². The zero-order valence-electron chi connectivity index (χ0n) is 16.6. The molecule has 2 heterocycles. The molecule has 0 aliphatic rings. The topological polar surface area (TPSA) is 91.9 Å². The van der Waals surface area contributed by atoms with Gasteiger partial charge in [-0.15, -0.1) is 35.3 Å². The van der Waals surface area contributed by atoms with E-state index < -0.39 is 12.7 Å². The summed E-state index contributed by atoms with van der Waals surface area (Å²) in [5, 5.41) is 18.4. The number of oxazole rings is 1. The monoisotopic (exact) mass is 564 g/mol. The molecule has 0 bridgehead atoms. The molecule has 3 aromatic rings. The second-order valence-corrected chi connectivity index (χ2v) is 7.11. The number of benzene rings is 1. The van der Waals surface area contributed by atoms with Crippen molar-refractivity contribution >= 4 is 41.3 Å². The molecule has 0 saturated carbocycles. The third-order valence-electron chi connectivity index (χ3n) is 3.98. The van der Waals surface area contributed by atoms with Crippen LogP contribution in [0, 0.1) is 0 Å². The lowest BCUT2D eigenvalue weighted by Gasteiger charge is -2.16. The third kappa shape index (κ3) is 7.74. The van der Waals surface area contributed by atoms with Gasteiger partial charge in [-0.1, -0.05) is 18.2 Å². The maximum absolute atomic E-state index is 12.2. The average molecular weight is 564 g/mol. The molecule has 7 nitrogen and oxygen atoms in total. The summed E-state index contributed by atoms with van der Waals surface area (Å²) in [6.45, 7) is 0.175. The molecule has 3 rings (SSSR count). The minimum Gasteiger partial charge on any atom is -0.443 e. The van der Waals surface area contributed by atoms with Gasteiger partial charge in [0.2, 0.25) is 5.89 Å². The Hall–Kier alpha value is -2.25. The summed E-state index contributed by atoms with van der Waals surface area (Å²) >= 11 is 1.55. The first kappa shape index (κ1) is 25.0. The Kier molecular flexibility index (Phi) is 10.1. The number of hydrogen-bond acceptors (Lipinski definition) is 6. The van der Waals surface area contributed by atoms with Gasteiger partial charge in [0.05, 0.1) is 17.5 Å². The number of nitrogens with one attached hydrogen (secondary N) is 2. The zero-order valence-corrected chi connectivity index (χ0v) is 19.8. The molecule has 31 heavy (non-hydrogen) atoms. The van der Waals surface area contributed by atoms with Crippen molar-refractivity contribution in [1.29, 1.82) is 0 Å². The molecule has 1 aromatic carbocycles. The number of thiophene rings is 1. The molecule has 0 saturated heterocycles. The van der Waals surface area contributed by atoms with Crippen molar-refractivity contribution in [1.82, 2.24) is 15.6 Å². The number of aromatic nitrogens is 1. The zero-order chi connectivity index (χ0) is 21.3. The van der Waals surface area contributed by atoms with Crippen molar-refractivity contribution < 1.29 is 23.0 Å². The number of guanidine groups is 1. The van der Waals surface area contributed by atoms with Gasteiger partial charge in [-0.25, -0.2) is 9.98 Å². The Morgan fingerprint density at radius 3 is 2.68 bits per heavy atom. The van der Waals surface area contributed by atoms with Crippen LogP contribution < -0.4 is 15.4 Å². The average Bonchev–Trinajstić information content (AvgIpc) is 3.41. The summed E-state index contributed by atoms with van der Waals surface area (Å²) in [6, 6.07) is 9.72. The van der Waals surface area contributed by atoms with E-state index in [9.17, 15) is 13.9 Å². The highest BCUT2D eigenvalue weighted by molar-refractivity contribution is 14.0. The van der Waals surface area contributed by atoms with Crippen molar-refractivity contribution in [3.8, 4) is 16.5 Å². The predicted octanol–water partition coefficient (Wildman–Crippen LogP) is 4.41. The van der Waals surface area contributed by atoms with Crippen molar-refractivity contribution in [2.75, 3.05) is 13.1 Å². The number of alkyl halides is 2. The second-order valence-electron chi connectivity index (χ2n) is 6.16. The van der Waals surface area contributed by atoms with Crippen LogP contribution in [0.3, 0.4) is 0 Å². The molecule has 1 atom stereocenters. The highest BCUT2D eigenvalue weighted by Gasteiger charge is 2.11. The summed E-state index contributed by atoms with van der Waals surface area (Å²) in [5.74, 6) is 1.11.